The number of hydrogen-bond donors (Lipinski definition) is 3. The van der Waals surface area contributed by atoms with E-state index in [1.165, 1.54) is 6.07 Å². The van der Waals surface area contributed by atoms with E-state index in [4.69, 9.17) is 0 Å². The number of nitrogens with one attached hydrogen (secondary N) is 3. The highest BCUT2D eigenvalue weighted by Crippen LogP contribution is 1.92. The molecule has 1 heterocycles. The summed E-state index contributed by atoms with van der Waals surface area (Å²) in [6.45, 7) is 3.99. The first kappa shape index (κ1) is 9.57. The number of carbonyl (C=O) groups excluding carboxylic acids is 1. The third kappa shape index (κ3) is 2.77. The Labute approximate surface area is 75.5 Å². The first-order valence-electron chi connectivity index (χ1n) is 4.14. The van der Waals surface area contributed by atoms with Crippen molar-refractivity contribution in [2.75, 3.05) is 0 Å². The van der Waals surface area contributed by atoms with Crippen LogP contribution in [0.4, 0.5) is 0 Å². The summed E-state index contributed by atoms with van der Waals surface area (Å²) in [7, 11) is 0. The van der Waals surface area contributed by atoms with Crippen LogP contribution in [0.1, 0.15) is 19.5 Å². The van der Waals surface area contributed by atoms with Crippen LogP contribution in [0, 0.1) is 5.92 Å². The van der Waals surface area contributed by atoms with E-state index >= 15 is 0 Å². The zero-order valence-corrected chi connectivity index (χ0v) is 7.68. The second-order valence-electron chi connectivity index (χ2n) is 3.16. The van der Waals surface area contributed by atoms with Crippen molar-refractivity contribution in [3.8, 4) is 0 Å². The third-order valence-electron chi connectivity index (χ3n) is 1.63. The van der Waals surface area contributed by atoms with E-state index in [2.05, 4.69) is 15.5 Å². The molecule has 0 fully saturated rings. The van der Waals surface area contributed by atoms with Gasteiger partial charge in [-0.25, -0.2) is 0 Å². The van der Waals surface area contributed by atoms with Crippen LogP contribution in [0.2, 0.25) is 0 Å². The summed E-state index contributed by atoms with van der Waals surface area (Å²) in [5, 5.41) is 7.72. The summed E-state index contributed by atoms with van der Waals surface area (Å²) < 4.78 is 0. The smallest absolute Gasteiger partial charge is 0.264 e. The maximum Gasteiger partial charge on any atom is 0.264 e. The van der Waals surface area contributed by atoms with Crippen molar-refractivity contribution in [3.05, 3.63) is 22.1 Å². The molecule has 0 aliphatic carbocycles. The fourth-order valence-corrected chi connectivity index (χ4v) is 0.854. The highest BCUT2D eigenvalue weighted by molar-refractivity contribution is 5.77. The zero-order valence-electron chi connectivity index (χ0n) is 7.68. The first-order chi connectivity index (χ1) is 6.09. The molecule has 13 heavy (non-hydrogen) atoms. The minimum Gasteiger partial charge on any atom is -0.350 e. The van der Waals surface area contributed by atoms with Crippen LogP contribution < -0.4 is 10.9 Å². The highest BCUT2D eigenvalue weighted by Gasteiger charge is 2.06. The molecule has 0 bridgehead atoms. The van der Waals surface area contributed by atoms with Crippen LogP contribution in [-0.4, -0.2) is 16.1 Å². The van der Waals surface area contributed by atoms with Crippen LogP contribution in [-0.2, 0) is 11.3 Å². The van der Waals surface area contributed by atoms with Gasteiger partial charge in [-0.15, -0.1) is 0 Å². The molecule has 1 amide bonds. The number of amides is 1. The maximum atomic E-state index is 11.1. The van der Waals surface area contributed by atoms with Gasteiger partial charge < -0.3 is 10.4 Å². The summed E-state index contributed by atoms with van der Waals surface area (Å²) in [6.07, 6.45) is 0. The number of carbonyl (C=O) groups is 1. The van der Waals surface area contributed by atoms with Gasteiger partial charge in [0.2, 0.25) is 5.91 Å². The van der Waals surface area contributed by atoms with Crippen LogP contribution in [0.5, 0.6) is 0 Å². The van der Waals surface area contributed by atoms with Gasteiger partial charge in [0, 0.05) is 12.0 Å². The lowest BCUT2D eigenvalue weighted by molar-refractivity contribution is -0.124. The van der Waals surface area contributed by atoms with Gasteiger partial charge in [0.15, 0.2) is 0 Å². The maximum absolute atomic E-state index is 11.1. The molecule has 0 atom stereocenters. The van der Waals surface area contributed by atoms with E-state index < -0.39 is 0 Å². The molecule has 1 aromatic rings. The molecule has 5 nitrogen and oxygen atoms in total. The number of hydrogen-bond acceptors (Lipinski definition) is 2. The quantitative estimate of drug-likeness (QED) is 0.615. The zero-order chi connectivity index (χ0) is 9.84. The second kappa shape index (κ2) is 3.93. The molecule has 0 spiro atoms. The molecule has 0 aromatic carbocycles. The summed E-state index contributed by atoms with van der Waals surface area (Å²) in [5.74, 6) is -0.0623. The molecular formula is C8H13N3O2. The van der Waals surface area contributed by atoms with Gasteiger partial charge in [0.25, 0.3) is 5.56 Å². The lowest BCUT2D eigenvalue weighted by atomic mass is 10.2. The van der Waals surface area contributed by atoms with Crippen molar-refractivity contribution in [1.29, 1.82) is 0 Å². The van der Waals surface area contributed by atoms with Crippen LogP contribution in [0.15, 0.2) is 10.9 Å². The number of rotatable bonds is 3. The standard InChI is InChI=1S/C8H13N3O2/c1-5(2)8(13)9-4-6-3-7(12)11-10-6/h3,5H,4H2,1-2H3,(H,9,13)(H2,10,11,12). The van der Waals surface area contributed by atoms with Crippen LogP contribution in [0.3, 0.4) is 0 Å². The summed E-state index contributed by atoms with van der Waals surface area (Å²) >= 11 is 0. The Bertz CT molecular complexity index is 337. The fourth-order valence-electron chi connectivity index (χ4n) is 0.854. The van der Waals surface area contributed by atoms with Crippen molar-refractivity contribution >= 4 is 5.91 Å². The molecule has 0 radical (unpaired) electrons. The van der Waals surface area contributed by atoms with Gasteiger partial charge in [0.05, 0.1) is 12.2 Å². The van der Waals surface area contributed by atoms with Gasteiger partial charge >= 0.3 is 0 Å². The van der Waals surface area contributed by atoms with E-state index in [1.54, 1.807) is 0 Å². The van der Waals surface area contributed by atoms with Crippen molar-refractivity contribution in [3.63, 3.8) is 0 Å². The molecule has 0 saturated heterocycles. The Balaban J connectivity index is 2.44. The third-order valence-corrected chi connectivity index (χ3v) is 1.63. The Kier molecular flexibility index (Phi) is 2.89. The topological polar surface area (TPSA) is 77.8 Å². The highest BCUT2D eigenvalue weighted by atomic mass is 16.2. The number of aromatic amines is 2. The predicted octanol–water partition coefficient (Wildman–Crippen LogP) is -0.0248. The van der Waals surface area contributed by atoms with Gasteiger partial charge in [-0.3, -0.25) is 14.7 Å². The molecule has 0 unspecified atom stereocenters. The second-order valence-corrected chi connectivity index (χ2v) is 3.16. The lowest BCUT2D eigenvalue weighted by Crippen LogP contribution is -2.27. The molecule has 0 aliphatic rings. The lowest BCUT2D eigenvalue weighted by Gasteiger charge is -2.05. The largest absolute Gasteiger partial charge is 0.350 e. The van der Waals surface area contributed by atoms with Gasteiger partial charge in [-0.05, 0) is 0 Å². The van der Waals surface area contributed by atoms with E-state index in [-0.39, 0.29) is 17.4 Å². The summed E-state index contributed by atoms with van der Waals surface area (Å²) in [6, 6.07) is 1.42. The van der Waals surface area contributed by atoms with Gasteiger partial charge in [0.1, 0.15) is 0 Å². The summed E-state index contributed by atoms with van der Waals surface area (Å²) in [4.78, 5) is 21.8. The average molecular weight is 183 g/mol. The van der Waals surface area contributed by atoms with E-state index in [1.807, 2.05) is 13.8 Å². The Hall–Kier alpha value is -1.52. The molecule has 1 aromatic heterocycles. The molecular weight excluding hydrogens is 170 g/mol. The Morgan fingerprint density at radius 1 is 1.54 bits per heavy atom. The fraction of sp³-hybridized carbons (Fsp3) is 0.500. The normalized spacial score (nSPS) is 10.4. The monoisotopic (exact) mass is 183 g/mol. The van der Waals surface area contributed by atoms with Crippen LogP contribution in [0.25, 0.3) is 0 Å². The first-order valence-corrected chi connectivity index (χ1v) is 4.14. The molecule has 0 saturated carbocycles. The number of aromatic nitrogens is 2. The van der Waals surface area contributed by atoms with Gasteiger partial charge in [-0.1, -0.05) is 13.8 Å². The average Bonchev–Trinajstić information content (AvgIpc) is 2.47. The van der Waals surface area contributed by atoms with Crippen molar-refractivity contribution in [1.82, 2.24) is 15.5 Å². The Morgan fingerprint density at radius 3 is 2.69 bits per heavy atom. The molecule has 3 N–H and O–H groups in total. The van der Waals surface area contributed by atoms with Crippen molar-refractivity contribution in [2.45, 2.75) is 20.4 Å². The van der Waals surface area contributed by atoms with Crippen LogP contribution >= 0.6 is 0 Å². The van der Waals surface area contributed by atoms with E-state index in [0.29, 0.717) is 12.2 Å². The minimum absolute atomic E-state index is 0.0259. The van der Waals surface area contributed by atoms with Gasteiger partial charge in [-0.2, -0.15) is 0 Å². The van der Waals surface area contributed by atoms with E-state index in [9.17, 15) is 9.59 Å². The van der Waals surface area contributed by atoms with Crippen molar-refractivity contribution in [2.24, 2.45) is 5.92 Å². The van der Waals surface area contributed by atoms with Crippen molar-refractivity contribution < 1.29 is 4.79 Å². The minimum atomic E-state index is -0.186. The SMILES string of the molecule is CC(C)C(=O)NCc1cc(=O)[nH][nH]1. The van der Waals surface area contributed by atoms with E-state index in [0.717, 1.165) is 0 Å². The predicted molar refractivity (Wildman–Crippen MR) is 48.1 cm³/mol. The number of H-pyrrole nitrogens is 2. The molecule has 0 aliphatic heterocycles. The molecule has 5 heteroatoms. The Morgan fingerprint density at radius 2 is 2.23 bits per heavy atom. The summed E-state index contributed by atoms with van der Waals surface area (Å²) in [5.41, 5.74) is 0.493. The molecule has 72 valence electrons. The molecule has 1 rings (SSSR count).